The molecule has 206 valence electrons. The predicted octanol–water partition coefficient (Wildman–Crippen LogP) is 2.72. The van der Waals surface area contributed by atoms with Crippen molar-refractivity contribution in [3.8, 4) is 11.5 Å². The first kappa shape index (κ1) is 29.2. The Hall–Kier alpha value is -3.41. The Labute approximate surface area is 224 Å². The first-order valence-electron chi connectivity index (χ1n) is 12.2. The maximum absolute atomic E-state index is 13.3. The molecule has 0 spiro atoms. The van der Waals surface area contributed by atoms with Crippen LogP contribution < -0.4 is 9.47 Å². The molecule has 1 aliphatic rings. The molecule has 0 aromatic heterocycles. The van der Waals surface area contributed by atoms with Crippen LogP contribution in [0.1, 0.15) is 30.5 Å². The highest BCUT2D eigenvalue weighted by Crippen LogP contribution is 2.42. The molecule has 0 radical (unpaired) electrons. The van der Waals surface area contributed by atoms with Gasteiger partial charge in [0.1, 0.15) is 5.76 Å². The van der Waals surface area contributed by atoms with E-state index in [1.54, 1.807) is 18.2 Å². The molecule has 0 bridgehead atoms. The second-order valence-electron chi connectivity index (χ2n) is 9.30. The van der Waals surface area contributed by atoms with Crippen LogP contribution in [0, 0.1) is 0 Å². The van der Waals surface area contributed by atoms with Gasteiger partial charge >= 0.3 is 0 Å². The molecule has 38 heavy (non-hydrogen) atoms. The van der Waals surface area contributed by atoms with E-state index in [1.165, 1.54) is 50.4 Å². The Kier molecular flexibility index (Phi) is 9.18. The lowest BCUT2D eigenvalue weighted by Crippen LogP contribution is -2.32. The van der Waals surface area contributed by atoms with Gasteiger partial charge in [-0.05, 0) is 75.9 Å². The van der Waals surface area contributed by atoms with Crippen LogP contribution in [0.25, 0.3) is 5.76 Å². The number of hydrogen-bond acceptors (Lipinski definition) is 8. The summed E-state index contributed by atoms with van der Waals surface area (Å²) in [6, 6.07) is 9.81. The third kappa shape index (κ3) is 5.85. The van der Waals surface area contributed by atoms with Crippen molar-refractivity contribution in [3.63, 3.8) is 0 Å². The molecule has 2 aromatic rings. The summed E-state index contributed by atoms with van der Waals surface area (Å²) in [7, 11) is 4.51. The summed E-state index contributed by atoms with van der Waals surface area (Å²) < 4.78 is 37.1. The third-order valence-electron chi connectivity index (χ3n) is 6.25. The quantitative estimate of drug-likeness (QED) is 0.260. The maximum atomic E-state index is 13.3. The summed E-state index contributed by atoms with van der Waals surface area (Å²) in [6.45, 7) is 3.27. The number of aliphatic hydroxyl groups excluding tert-OH is 1. The van der Waals surface area contributed by atoms with Gasteiger partial charge < -0.3 is 24.4 Å². The van der Waals surface area contributed by atoms with Gasteiger partial charge in [0.2, 0.25) is 10.0 Å². The maximum Gasteiger partial charge on any atom is 0.295 e. The molecule has 0 saturated carbocycles. The lowest BCUT2D eigenvalue weighted by molar-refractivity contribution is -0.139. The van der Waals surface area contributed by atoms with Crippen LogP contribution in [0.15, 0.2) is 52.9 Å². The van der Waals surface area contributed by atoms with Gasteiger partial charge in [-0.1, -0.05) is 6.07 Å². The summed E-state index contributed by atoms with van der Waals surface area (Å²) in [4.78, 5) is 29.9. The van der Waals surface area contributed by atoms with Gasteiger partial charge in [0.15, 0.2) is 11.5 Å². The highest BCUT2D eigenvalue weighted by atomic mass is 32.2. The summed E-state index contributed by atoms with van der Waals surface area (Å²) in [6.07, 6.45) is 0.613. The van der Waals surface area contributed by atoms with Crippen molar-refractivity contribution in [1.29, 1.82) is 0 Å². The number of ketones is 1. The number of carbonyl (C=O) groups is 2. The summed E-state index contributed by atoms with van der Waals surface area (Å²) in [5.74, 6) is -0.960. The van der Waals surface area contributed by atoms with Crippen molar-refractivity contribution in [3.05, 3.63) is 59.2 Å². The average Bonchev–Trinajstić information content (AvgIpc) is 3.13. The molecule has 1 atom stereocenters. The summed E-state index contributed by atoms with van der Waals surface area (Å²) in [5.41, 5.74) is 0.717. The fraction of sp³-hybridized carbons (Fsp3) is 0.407. The number of Topliss-reactive ketones (excluding diaryl/α,β-unsaturated/α-hetero) is 1. The Bertz CT molecular complexity index is 1320. The normalized spacial score (nSPS) is 17.5. The Morgan fingerprint density at radius 1 is 1.03 bits per heavy atom. The molecule has 11 heteroatoms. The fourth-order valence-corrected chi connectivity index (χ4v) is 5.20. The van der Waals surface area contributed by atoms with Crippen LogP contribution in [0.4, 0.5) is 0 Å². The zero-order chi connectivity index (χ0) is 28.2. The van der Waals surface area contributed by atoms with Crippen molar-refractivity contribution in [2.45, 2.75) is 24.3 Å². The van der Waals surface area contributed by atoms with Gasteiger partial charge in [0.25, 0.3) is 11.7 Å². The van der Waals surface area contributed by atoms with E-state index in [0.29, 0.717) is 43.2 Å². The number of ether oxygens (including phenoxy) is 2. The van der Waals surface area contributed by atoms with Gasteiger partial charge in [0, 0.05) is 26.2 Å². The van der Waals surface area contributed by atoms with Gasteiger partial charge in [-0.2, -0.15) is 0 Å². The van der Waals surface area contributed by atoms with E-state index in [9.17, 15) is 23.1 Å². The second kappa shape index (κ2) is 12.0. The van der Waals surface area contributed by atoms with Crippen molar-refractivity contribution in [2.24, 2.45) is 0 Å². The van der Waals surface area contributed by atoms with Gasteiger partial charge in [0.05, 0.1) is 30.2 Å². The highest BCUT2D eigenvalue weighted by Gasteiger charge is 2.46. The minimum Gasteiger partial charge on any atom is -0.507 e. The number of likely N-dealkylation sites (tertiary alicyclic amines) is 1. The van der Waals surface area contributed by atoms with Crippen molar-refractivity contribution >= 4 is 27.5 Å². The number of hydrogen-bond donors (Lipinski definition) is 1. The molecule has 1 heterocycles. The van der Waals surface area contributed by atoms with Gasteiger partial charge in [-0.3, -0.25) is 9.59 Å². The molecule has 1 N–H and O–H groups in total. The van der Waals surface area contributed by atoms with Crippen molar-refractivity contribution in [2.75, 3.05) is 55.0 Å². The molecule has 1 saturated heterocycles. The van der Waals surface area contributed by atoms with Crippen molar-refractivity contribution in [1.82, 2.24) is 14.1 Å². The molecule has 2 aromatic carbocycles. The lowest BCUT2D eigenvalue weighted by Gasteiger charge is -2.26. The Morgan fingerprint density at radius 3 is 2.24 bits per heavy atom. The molecule has 1 aliphatic heterocycles. The minimum atomic E-state index is -3.68. The summed E-state index contributed by atoms with van der Waals surface area (Å²) >= 11 is 0. The number of nitrogens with zero attached hydrogens (tertiary/aromatic N) is 3. The number of carbonyl (C=O) groups excluding carboxylic acids is 2. The van der Waals surface area contributed by atoms with Crippen LogP contribution in [-0.4, -0.2) is 94.3 Å². The van der Waals surface area contributed by atoms with E-state index in [2.05, 4.69) is 0 Å². The number of benzene rings is 2. The second-order valence-corrected chi connectivity index (χ2v) is 11.5. The smallest absolute Gasteiger partial charge is 0.295 e. The van der Waals surface area contributed by atoms with E-state index >= 15 is 0 Å². The van der Waals surface area contributed by atoms with E-state index < -0.39 is 27.8 Å². The highest BCUT2D eigenvalue weighted by molar-refractivity contribution is 7.89. The van der Waals surface area contributed by atoms with E-state index in [1.807, 2.05) is 25.9 Å². The zero-order valence-electron chi connectivity index (χ0n) is 22.6. The molecule has 0 aliphatic carbocycles. The topological polar surface area (TPSA) is 117 Å². The molecule has 1 amide bonds. The fourth-order valence-electron chi connectivity index (χ4n) is 4.29. The number of aliphatic hydroxyl groups is 1. The molecular weight excluding hydrogens is 510 g/mol. The van der Waals surface area contributed by atoms with Crippen LogP contribution in [-0.2, 0) is 19.6 Å². The third-order valence-corrected chi connectivity index (χ3v) is 8.08. The standard InChI is InChI=1S/C27H35N3O7S/c1-7-37-21-14-11-19(17-22(21)36-6)24-23(26(32)27(33)30(24)16-8-15-28(2)3)25(31)18-9-12-20(13-10-18)38(34,35)29(4)5/h9-14,17,24,31H,7-8,15-16H2,1-6H3/t24-/m1/s1. The minimum absolute atomic E-state index is 0.0380. The molecule has 0 unspecified atom stereocenters. The predicted molar refractivity (Wildman–Crippen MR) is 144 cm³/mol. The molecular formula is C27H35N3O7S. The van der Waals surface area contributed by atoms with E-state index in [-0.39, 0.29) is 21.8 Å². The Balaban J connectivity index is 2.14. The first-order valence-corrected chi connectivity index (χ1v) is 13.6. The van der Waals surface area contributed by atoms with E-state index in [4.69, 9.17) is 9.47 Å². The SMILES string of the molecule is CCOc1ccc([C@@H]2C(=C(O)c3ccc(S(=O)(=O)N(C)C)cc3)C(=O)C(=O)N2CCCN(C)C)cc1OC. The number of methoxy groups -OCH3 is 1. The van der Waals surface area contributed by atoms with Crippen LogP contribution in [0.3, 0.4) is 0 Å². The number of amides is 1. The molecule has 1 fully saturated rings. The number of sulfonamides is 1. The zero-order valence-corrected chi connectivity index (χ0v) is 23.4. The largest absolute Gasteiger partial charge is 0.507 e. The monoisotopic (exact) mass is 545 g/mol. The average molecular weight is 546 g/mol. The van der Waals surface area contributed by atoms with Gasteiger partial charge in [-0.25, -0.2) is 12.7 Å². The van der Waals surface area contributed by atoms with Crippen LogP contribution in [0.5, 0.6) is 11.5 Å². The molecule has 3 rings (SSSR count). The van der Waals surface area contributed by atoms with Crippen LogP contribution in [0.2, 0.25) is 0 Å². The molecule has 10 nitrogen and oxygen atoms in total. The first-order chi connectivity index (χ1) is 17.9. The van der Waals surface area contributed by atoms with Crippen LogP contribution >= 0.6 is 0 Å². The Morgan fingerprint density at radius 2 is 1.68 bits per heavy atom. The lowest BCUT2D eigenvalue weighted by atomic mass is 9.95. The van der Waals surface area contributed by atoms with Crippen molar-refractivity contribution < 1.29 is 32.6 Å². The number of rotatable bonds is 11. The van der Waals surface area contributed by atoms with Gasteiger partial charge in [-0.15, -0.1) is 0 Å². The van der Waals surface area contributed by atoms with E-state index in [0.717, 1.165) is 4.31 Å². The summed E-state index contributed by atoms with van der Waals surface area (Å²) in [5, 5.41) is 11.3.